The Bertz CT molecular complexity index is 939. The van der Waals surface area contributed by atoms with Crippen LogP contribution in [0.4, 0.5) is 5.69 Å². The van der Waals surface area contributed by atoms with E-state index in [4.69, 9.17) is 4.74 Å². The zero-order valence-electron chi connectivity index (χ0n) is 15.8. The number of fused-ring (bicyclic) bond motifs is 1. The average molecular weight is 388 g/mol. The number of rotatable bonds is 5. The molecular formula is C20H24N2O4S. The van der Waals surface area contributed by atoms with Gasteiger partial charge in [0, 0.05) is 32.7 Å². The normalized spacial score (nSPS) is 14.1. The molecule has 144 valence electrons. The van der Waals surface area contributed by atoms with Crippen LogP contribution in [0, 0.1) is 0 Å². The number of sulfonamides is 1. The molecule has 0 aliphatic carbocycles. The van der Waals surface area contributed by atoms with Crippen LogP contribution in [0.25, 0.3) is 0 Å². The Morgan fingerprint density at radius 2 is 1.89 bits per heavy atom. The van der Waals surface area contributed by atoms with Crippen molar-refractivity contribution in [2.45, 2.75) is 31.2 Å². The van der Waals surface area contributed by atoms with E-state index in [-0.39, 0.29) is 17.3 Å². The van der Waals surface area contributed by atoms with Crippen molar-refractivity contribution in [3.63, 3.8) is 0 Å². The molecule has 0 atom stereocenters. The Labute approximate surface area is 160 Å². The van der Waals surface area contributed by atoms with Gasteiger partial charge in [-0.3, -0.25) is 4.79 Å². The number of carbonyl (C=O) groups is 1. The predicted octanol–water partition coefficient (Wildman–Crippen LogP) is 2.82. The zero-order valence-corrected chi connectivity index (χ0v) is 16.6. The second-order valence-corrected chi connectivity index (χ2v) is 8.72. The quantitative estimate of drug-likeness (QED) is 0.790. The number of ether oxygens (including phenoxy) is 1. The SMILES string of the molecule is COc1ccc(CN(C)S(=O)(=O)c2ccc3c(c2)CCCN3C(C)=O)cc1. The van der Waals surface area contributed by atoms with E-state index in [9.17, 15) is 13.2 Å². The maximum absolute atomic E-state index is 13.0. The third kappa shape index (κ3) is 3.99. The highest BCUT2D eigenvalue weighted by Crippen LogP contribution is 2.30. The third-order valence-corrected chi connectivity index (χ3v) is 6.62. The monoisotopic (exact) mass is 388 g/mol. The summed E-state index contributed by atoms with van der Waals surface area (Å²) < 4.78 is 32.4. The topological polar surface area (TPSA) is 66.9 Å². The molecule has 1 heterocycles. The second kappa shape index (κ2) is 7.70. The van der Waals surface area contributed by atoms with Crippen molar-refractivity contribution >= 4 is 21.6 Å². The summed E-state index contributed by atoms with van der Waals surface area (Å²) in [5.74, 6) is 0.706. The second-order valence-electron chi connectivity index (χ2n) is 6.67. The Kier molecular flexibility index (Phi) is 5.53. The van der Waals surface area contributed by atoms with Gasteiger partial charge in [0.2, 0.25) is 15.9 Å². The molecule has 0 spiro atoms. The maximum atomic E-state index is 13.0. The number of methoxy groups -OCH3 is 1. The lowest BCUT2D eigenvalue weighted by Gasteiger charge is -2.29. The van der Waals surface area contributed by atoms with Crippen LogP contribution >= 0.6 is 0 Å². The molecule has 0 aromatic heterocycles. The molecule has 0 bridgehead atoms. The molecule has 3 rings (SSSR count). The molecule has 1 aliphatic heterocycles. The van der Waals surface area contributed by atoms with Crippen molar-refractivity contribution < 1.29 is 17.9 Å². The van der Waals surface area contributed by atoms with Gasteiger partial charge in [-0.25, -0.2) is 8.42 Å². The summed E-state index contributed by atoms with van der Waals surface area (Å²) in [6.07, 6.45) is 1.60. The number of amides is 1. The molecule has 6 nitrogen and oxygen atoms in total. The van der Waals surface area contributed by atoms with Crippen LogP contribution in [-0.2, 0) is 27.8 Å². The average Bonchev–Trinajstić information content (AvgIpc) is 2.67. The number of hydrogen-bond acceptors (Lipinski definition) is 4. The van der Waals surface area contributed by atoms with Gasteiger partial charge < -0.3 is 9.64 Å². The standard InChI is InChI=1S/C20H24N2O4S/c1-15(23)22-12-4-5-17-13-19(10-11-20(17)22)27(24,25)21(2)14-16-6-8-18(26-3)9-7-16/h6-11,13H,4-5,12,14H2,1-3H3. The molecule has 0 fully saturated rings. The first-order valence-corrected chi connectivity index (χ1v) is 10.3. The largest absolute Gasteiger partial charge is 0.497 e. The molecule has 0 radical (unpaired) electrons. The van der Waals surface area contributed by atoms with Crippen LogP contribution in [0.3, 0.4) is 0 Å². The predicted molar refractivity (Wildman–Crippen MR) is 104 cm³/mol. The van der Waals surface area contributed by atoms with E-state index in [0.29, 0.717) is 6.54 Å². The van der Waals surface area contributed by atoms with Gasteiger partial charge in [-0.1, -0.05) is 12.1 Å². The molecule has 0 saturated carbocycles. The first-order chi connectivity index (χ1) is 12.8. The lowest BCUT2D eigenvalue weighted by molar-refractivity contribution is -0.116. The zero-order chi connectivity index (χ0) is 19.6. The van der Waals surface area contributed by atoms with Crippen LogP contribution in [0.15, 0.2) is 47.4 Å². The van der Waals surface area contributed by atoms with E-state index >= 15 is 0 Å². The highest BCUT2D eigenvalue weighted by Gasteiger charge is 2.25. The van der Waals surface area contributed by atoms with Crippen molar-refractivity contribution in [1.82, 2.24) is 4.31 Å². The van der Waals surface area contributed by atoms with Crippen LogP contribution in [0.2, 0.25) is 0 Å². The third-order valence-electron chi connectivity index (χ3n) is 4.82. The van der Waals surface area contributed by atoms with E-state index in [0.717, 1.165) is 35.4 Å². The summed E-state index contributed by atoms with van der Waals surface area (Å²) >= 11 is 0. The summed E-state index contributed by atoms with van der Waals surface area (Å²) in [7, 11) is -0.463. The Balaban J connectivity index is 1.84. The minimum Gasteiger partial charge on any atom is -0.497 e. The van der Waals surface area contributed by atoms with E-state index in [1.54, 1.807) is 37.3 Å². The Morgan fingerprint density at radius 3 is 2.52 bits per heavy atom. The van der Waals surface area contributed by atoms with Crippen molar-refractivity contribution in [2.75, 3.05) is 25.6 Å². The number of aryl methyl sites for hydroxylation is 1. The van der Waals surface area contributed by atoms with Crippen LogP contribution in [0.1, 0.15) is 24.5 Å². The van der Waals surface area contributed by atoms with Crippen LogP contribution in [-0.4, -0.2) is 39.3 Å². The summed E-state index contributed by atoms with van der Waals surface area (Å²) in [5.41, 5.74) is 2.59. The van der Waals surface area contributed by atoms with Crippen molar-refractivity contribution in [3.8, 4) is 5.75 Å². The summed E-state index contributed by atoms with van der Waals surface area (Å²) in [6.45, 7) is 2.47. The van der Waals surface area contributed by atoms with E-state index in [1.165, 1.54) is 11.2 Å². The maximum Gasteiger partial charge on any atom is 0.243 e. The van der Waals surface area contributed by atoms with Gasteiger partial charge in [0.25, 0.3) is 0 Å². The summed E-state index contributed by atoms with van der Waals surface area (Å²) in [6, 6.07) is 12.3. The van der Waals surface area contributed by atoms with E-state index in [2.05, 4.69) is 0 Å². The van der Waals surface area contributed by atoms with Crippen LogP contribution in [0.5, 0.6) is 5.75 Å². The summed E-state index contributed by atoms with van der Waals surface area (Å²) in [4.78, 5) is 13.7. The number of nitrogens with zero attached hydrogens (tertiary/aromatic N) is 2. The fourth-order valence-corrected chi connectivity index (χ4v) is 4.52. The van der Waals surface area contributed by atoms with Gasteiger partial charge in [-0.2, -0.15) is 4.31 Å². The highest BCUT2D eigenvalue weighted by atomic mass is 32.2. The summed E-state index contributed by atoms with van der Waals surface area (Å²) in [5, 5.41) is 0. The minimum absolute atomic E-state index is 0.0248. The molecule has 7 heteroatoms. The van der Waals surface area contributed by atoms with Gasteiger partial charge in [-0.15, -0.1) is 0 Å². The number of benzene rings is 2. The molecule has 1 aliphatic rings. The molecule has 0 N–H and O–H groups in total. The van der Waals surface area contributed by atoms with Gasteiger partial charge in [0.1, 0.15) is 5.75 Å². The Hall–Kier alpha value is -2.38. The molecular weight excluding hydrogens is 364 g/mol. The number of carbonyl (C=O) groups excluding carboxylic acids is 1. The van der Waals surface area contributed by atoms with E-state index in [1.807, 2.05) is 24.3 Å². The molecule has 27 heavy (non-hydrogen) atoms. The lowest BCUT2D eigenvalue weighted by atomic mass is 10.0. The fraction of sp³-hybridized carbons (Fsp3) is 0.350. The van der Waals surface area contributed by atoms with Gasteiger partial charge in [0.15, 0.2) is 0 Å². The van der Waals surface area contributed by atoms with Crippen LogP contribution < -0.4 is 9.64 Å². The smallest absolute Gasteiger partial charge is 0.243 e. The van der Waals surface area contributed by atoms with E-state index < -0.39 is 10.0 Å². The lowest BCUT2D eigenvalue weighted by Crippen LogP contribution is -2.34. The van der Waals surface area contributed by atoms with Crippen molar-refractivity contribution in [2.24, 2.45) is 0 Å². The molecule has 2 aromatic rings. The van der Waals surface area contributed by atoms with Gasteiger partial charge in [0.05, 0.1) is 12.0 Å². The minimum atomic E-state index is -3.63. The first-order valence-electron chi connectivity index (χ1n) is 8.83. The molecule has 0 saturated heterocycles. The molecule has 0 unspecified atom stereocenters. The highest BCUT2D eigenvalue weighted by molar-refractivity contribution is 7.89. The van der Waals surface area contributed by atoms with Crippen molar-refractivity contribution in [1.29, 1.82) is 0 Å². The molecule has 1 amide bonds. The fourth-order valence-electron chi connectivity index (χ4n) is 3.31. The van der Waals surface area contributed by atoms with Gasteiger partial charge >= 0.3 is 0 Å². The molecule has 2 aromatic carbocycles. The number of anilines is 1. The Morgan fingerprint density at radius 1 is 1.19 bits per heavy atom. The van der Waals surface area contributed by atoms with Gasteiger partial charge in [-0.05, 0) is 54.3 Å². The first kappa shape index (κ1) is 19.4. The number of hydrogen-bond donors (Lipinski definition) is 0. The van der Waals surface area contributed by atoms with Crippen molar-refractivity contribution in [3.05, 3.63) is 53.6 Å².